The SMILES string of the molecule is O=C(Cc1cc(-c2ccc(NS(=O)(=O)C3CCS(=O)(=O)C3)cc2)c2c(n1)CC=C2)C1CC1. The van der Waals surface area contributed by atoms with Gasteiger partial charge in [-0.1, -0.05) is 24.3 Å². The molecule has 7 nitrogen and oxygen atoms in total. The molecule has 1 unspecified atom stereocenters. The van der Waals surface area contributed by atoms with Crippen LogP contribution in [0.1, 0.15) is 36.2 Å². The lowest BCUT2D eigenvalue weighted by molar-refractivity contribution is -0.119. The van der Waals surface area contributed by atoms with Crippen LogP contribution < -0.4 is 4.72 Å². The van der Waals surface area contributed by atoms with Gasteiger partial charge in [0.2, 0.25) is 10.0 Å². The number of nitrogens with zero attached hydrogens (tertiary/aromatic N) is 1. The summed E-state index contributed by atoms with van der Waals surface area (Å²) in [5.41, 5.74) is 5.01. The number of aromatic nitrogens is 1. The van der Waals surface area contributed by atoms with Gasteiger partial charge in [0, 0.05) is 35.7 Å². The summed E-state index contributed by atoms with van der Waals surface area (Å²) in [6, 6.07) is 8.97. The highest BCUT2D eigenvalue weighted by Gasteiger charge is 2.37. The van der Waals surface area contributed by atoms with E-state index in [0.717, 1.165) is 47.3 Å². The minimum absolute atomic E-state index is 0.0935. The summed E-state index contributed by atoms with van der Waals surface area (Å²) in [5, 5.41) is -0.924. The number of nitrogens with one attached hydrogen (secondary N) is 1. The molecular weight excluding hydrogens is 448 g/mol. The van der Waals surface area contributed by atoms with Gasteiger partial charge in [-0.15, -0.1) is 0 Å². The highest BCUT2D eigenvalue weighted by molar-refractivity contribution is 7.97. The predicted octanol–water partition coefficient (Wildman–Crippen LogP) is 2.77. The van der Waals surface area contributed by atoms with E-state index in [1.165, 1.54) is 0 Å². The molecule has 3 aliphatic rings. The Morgan fingerprint density at radius 1 is 1.12 bits per heavy atom. The Labute approximate surface area is 187 Å². The lowest BCUT2D eigenvalue weighted by atomic mass is 9.97. The van der Waals surface area contributed by atoms with E-state index >= 15 is 0 Å². The first-order valence-corrected chi connectivity index (χ1v) is 14.1. The Morgan fingerprint density at radius 2 is 1.88 bits per heavy atom. The van der Waals surface area contributed by atoms with Crippen molar-refractivity contribution in [2.75, 3.05) is 16.2 Å². The van der Waals surface area contributed by atoms with Crippen molar-refractivity contribution in [2.24, 2.45) is 5.92 Å². The minimum Gasteiger partial charge on any atom is -0.299 e. The number of Topliss-reactive ketones (excluding diaryl/α,β-unsaturated/α-hetero) is 1. The smallest absolute Gasteiger partial charge is 0.236 e. The van der Waals surface area contributed by atoms with Crippen molar-refractivity contribution in [3.8, 4) is 11.1 Å². The first kappa shape index (κ1) is 21.3. The number of hydrogen-bond donors (Lipinski definition) is 1. The molecular formula is C23H24N2O5S2. The number of allylic oxidation sites excluding steroid dienone is 1. The van der Waals surface area contributed by atoms with E-state index in [2.05, 4.69) is 9.71 Å². The topological polar surface area (TPSA) is 110 Å². The summed E-state index contributed by atoms with van der Waals surface area (Å²) in [7, 11) is -7.07. The first-order valence-electron chi connectivity index (χ1n) is 10.7. The Morgan fingerprint density at radius 3 is 2.53 bits per heavy atom. The van der Waals surface area contributed by atoms with Crippen molar-refractivity contribution in [1.29, 1.82) is 0 Å². The van der Waals surface area contributed by atoms with Crippen LogP contribution in [0.5, 0.6) is 0 Å². The van der Waals surface area contributed by atoms with Gasteiger partial charge in [0.05, 0.1) is 22.4 Å². The molecule has 2 aliphatic carbocycles. The van der Waals surface area contributed by atoms with Crippen molar-refractivity contribution in [3.63, 3.8) is 0 Å². The van der Waals surface area contributed by atoms with Crippen molar-refractivity contribution < 1.29 is 21.6 Å². The summed E-state index contributed by atoms with van der Waals surface area (Å²) in [4.78, 5) is 17.0. The third-order valence-corrected chi connectivity index (χ3v) is 10.0. The number of sulfone groups is 1. The monoisotopic (exact) mass is 472 g/mol. The summed E-state index contributed by atoms with van der Waals surface area (Å²) in [5.74, 6) is 0.00370. The summed E-state index contributed by atoms with van der Waals surface area (Å²) < 4.78 is 51.0. The van der Waals surface area contributed by atoms with Crippen LogP contribution in [0, 0.1) is 5.92 Å². The van der Waals surface area contributed by atoms with Crippen LogP contribution in [0.3, 0.4) is 0 Å². The maximum absolute atomic E-state index is 12.6. The number of hydrogen-bond acceptors (Lipinski definition) is 6. The van der Waals surface area contributed by atoms with Crippen molar-refractivity contribution >= 4 is 37.4 Å². The number of benzene rings is 1. The highest BCUT2D eigenvalue weighted by atomic mass is 32.2. The average Bonchev–Trinajstić information content (AvgIpc) is 3.37. The van der Waals surface area contributed by atoms with E-state index in [1.807, 2.05) is 30.4 Å². The van der Waals surface area contributed by atoms with Gasteiger partial charge in [-0.2, -0.15) is 0 Å². The number of sulfonamides is 1. The van der Waals surface area contributed by atoms with E-state index < -0.39 is 25.1 Å². The molecule has 1 aliphatic heterocycles. The standard InChI is InChI=1S/C23H24N2O5S2/c26-23(16-4-5-16)13-18-12-21(20-2-1-3-22(20)24-18)15-6-8-17(9-7-15)25-32(29,30)19-10-11-31(27,28)14-19/h1-2,6-9,12,16,19,25H,3-5,10-11,13-14H2. The molecule has 9 heteroatoms. The second-order valence-corrected chi connectivity index (χ2v) is 13.0. The largest absolute Gasteiger partial charge is 0.299 e. The van der Waals surface area contributed by atoms with Gasteiger partial charge in [-0.25, -0.2) is 16.8 Å². The van der Waals surface area contributed by atoms with Gasteiger partial charge in [0.15, 0.2) is 9.84 Å². The van der Waals surface area contributed by atoms with Crippen LogP contribution in [0.4, 0.5) is 5.69 Å². The van der Waals surface area contributed by atoms with Crippen LogP contribution in [0.25, 0.3) is 17.2 Å². The number of carbonyl (C=O) groups excluding carboxylic acids is 1. The Balaban J connectivity index is 1.38. The van der Waals surface area contributed by atoms with Crippen LogP contribution in [-0.4, -0.2) is 44.4 Å². The van der Waals surface area contributed by atoms with Gasteiger partial charge >= 0.3 is 0 Å². The minimum atomic E-state index is -3.78. The summed E-state index contributed by atoms with van der Waals surface area (Å²) in [6.45, 7) is 0. The maximum Gasteiger partial charge on any atom is 0.236 e. The van der Waals surface area contributed by atoms with Crippen molar-refractivity contribution in [2.45, 2.75) is 37.4 Å². The van der Waals surface area contributed by atoms with Gasteiger partial charge in [0.25, 0.3) is 0 Å². The second-order valence-electron chi connectivity index (χ2n) is 8.79. The zero-order chi connectivity index (χ0) is 22.5. The number of ketones is 1. The number of carbonyl (C=O) groups is 1. The third kappa shape index (κ3) is 4.36. The normalized spacial score (nSPS) is 21.4. The predicted molar refractivity (Wildman–Crippen MR) is 123 cm³/mol. The molecule has 5 rings (SSSR count). The first-order chi connectivity index (χ1) is 15.2. The van der Waals surface area contributed by atoms with E-state index in [9.17, 15) is 21.6 Å². The molecule has 0 radical (unpaired) electrons. The lowest BCUT2D eigenvalue weighted by Crippen LogP contribution is -2.28. The van der Waals surface area contributed by atoms with Crippen molar-refractivity contribution in [1.82, 2.24) is 4.98 Å². The summed E-state index contributed by atoms with van der Waals surface area (Å²) in [6.07, 6.45) is 7.22. The molecule has 1 saturated heterocycles. The average molecular weight is 473 g/mol. The quantitative estimate of drug-likeness (QED) is 0.664. The van der Waals surface area contributed by atoms with E-state index in [1.54, 1.807) is 12.1 Å². The molecule has 2 aromatic rings. The molecule has 1 saturated carbocycles. The Hall–Kier alpha value is -2.52. The van der Waals surface area contributed by atoms with Gasteiger partial charge < -0.3 is 0 Å². The van der Waals surface area contributed by atoms with Crippen molar-refractivity contribution in [3.05, 3.63) is 53.4 Å². The Kier molecular flexibility index (Phi) is 5.21. The van der Waals surface area contributed by atoms with Crippen LogP contribution in [0.15, 0.2) is 36.4 Å². The number of pyridine rings is 1. The molecule has 2 fully saturated rings. The maximum atomic E-state index is 12.6. The highest BCUT2D eigenvalue weighted by Crippen LogP contribution is 2.34. The van der Waals surface area contributed by atoms with E-state index in [4.69, 9.17) is 0 Å². The molecule has 2 heterocycles. The fourth-order valence-electron chi connectivity index (χ4n) is 4.32. The number of rotatable bonds is 7. The molecule has 32 heavy (non-hydrogen) atoms. The molecule has 0 bridgehead atoms. The zero-order valence-corrected chi connectivity index (χ0v) is 19.1. The van der Waals surface area contributed by atoms with E-state index in [0.29, 0.717) is 12.1 Å². The molecule has 168 valence electrons. The molecule has 1 aromatic heterocycles. The third-order valence-electron chi connectivity index (χ3n) is 6.26. The van der Waals surface area contributed by atoms with Gasteiger partial charge in [-0.05, 0) is 48.6 Å². The zero-order valence-electron chi connectivity index (χ0n) is 17.5. The molecule has 1 N–H and O–H groups in total. The number of anilines is 1. The Bertz CT molecular complexity index is 1330. The molecule has 1 atom stereocenters. The fraction of sp³-hybridized carbons (Fsp3) is 0.391. The summed E-state index contributed by atoms with van der Waals surface area (Å²) >= 11 is 0. The van der Waals surface area contributed by atoms with Gasteiger partial charge in [-0.3, -0.25) is 14.5 Å². The van der Waals surface area contributed by atoms with Crippen LogP contribution in [-0.2, 0) is 37.5 Å². The molecule has 0 spiro atoms. The van der Waals surface area contributed by atoms with Crippen LogP contribution >= 0.6 is 0 Å². The molecule has 0 amide bonds. The van der Waals surface area contributed by atoms with Gasteiger partial charge in [0.1, 0.15) is 5.78 Å². The van der Waals surface area contributed by atoms with Crippen LogP contribution in [0.2, 0.25) is 0 Å². The number of fused-ring (bicyclic) bond motifs is 1. The lowest BCUT2D eigenvalue weighted by Gasteiger charge is -2.14. The molecule has 1 aromatic carbocycles. The van der Waals surface area contributed by atoms with E-state index in [-0.39, 0.29) is 29.6 Å². The second kappa shape index (κ2) is 7.81. The fourth-order valence-corrected chi connectivity index (χ4v) is 8.41.